The number of furan rings is 1. The molecule has 0 amide bonds. The first-order valence-corrected chi connectivity index (χ1v) is 9.73. The third-order valence-electron chi connectivity index (χ3n) is 4.80. The van der Waals surface area contributed by atoms with Crippen LogP contribution in [0.15, 0.2) is 71.3 Å². The Labute approximate surface area is 173 Å². The maximum absolute atomic E-state index is 11.1. The number of aromatic nitrogens is 1. The lowest BCUT2D eigenvalue weighted by Crippen LogP contribution is -2.05. The molecule has 4 aromatic rings. The molecule has 0 spiro atoms. The van der Waals surface area contributed by atoms with Gasteiger partial charge in [-0.15, -0.1) is 0 Å². The molecule has 0 unspecified atom stereocenters. The number of para-hydroxylation sites is 1. The van der Waals surface area contributed by atoms with Crippen LogP contribution in [0.1, 0.15) is 16.8 Å². The Balaban J connectivity index is 1.65. The Morgan fingerprint density at radius 2 is 1.97 bits per heavy atom. The highest BCUT2D eigenvalue weighted by atomic mass is 16.5. The standard InChI is InChI=1S/C24H22N2O4/c25-10-8-19-5-3-6-21(26-19)20-13-16(12-18-9-11-29-24(18)20)15-30-22-7-2-1-4-17(22)14-23(27)28/h1-7,9,11-13H,8,10,14-15,25H2,(H,27,28). The number of pyridine rings is 1. The van der Waals surface area contributed by atoms with Gasteiger partial charge in [-0.1, -0.05) is 24.3 Å². The highest BCUT2D eigenvalue weighted by Gasteiger charge is 2.13. The van der Waals surface area contributed by atoms with Crippen molar-refractivity contribution in [3.8, 4) is 17.0 Å². The van der Waals surface area contributed by atoms with Crippen LogP contribution in [-0.4, -0.2) is 22.6 Å². The number of carboxylic acids is 1. The average molecular weight is 402 g/mol. The molecule has 2 aromatic heterocycles. The van der Waals surface area contributed by atoms with E-state index in [1.165, 1.54) is 0 Å². The highest BCUT2D eigenvalue weighted by Crippen LogP contribution is 2.31. The summed E-state index contributed by atoms with van der Waals surface area (Å²) >= 11 is 0. The predicted molar refractivity (Wildman–Crippen MR) is 114 cm³/mol. The molecule has 6 heteroatoms. The summed E-state index contributed by atoms with van der Waals surface area (Å²) in [6.07, 6.45) is 2.28. The van der Waals surface area contributed by atoms with Gasteiger partial charge in [-0.2, -0.15) is 0 Å². The number of ether oxygens (including phenoxy) is 1. The Morgan fingerprint density at radius 1 is 1.10 bits per heavy atom. The molecule has 0 aliphatic heterocycles. The second-order valence-electron chi connectivity index (χ2n) is 7.00. The van der Waals surface area contributed by atoms with E-state index >= 15 is 0 Å². The molecule has 6 nitrogen and oxygen atoms in total. The molecule has 0 bridgehead atoms. The minimum atomic E-state index is -0.892. The van der Waals surface area contributed by atoms with E-state index in [1.807, 2.05) is 42.5 Å². The molecular weight excluding hydrogens is 380 g/mol. The van der Waals surface area contributed by atoms with E-state index in [0.29, 0.717) is 30.9 Å². The molecule has 3 N–H and O–H groups in total. The lowest BCUT2D eigenvalue weighted by Gasteiger charge is -2.12. The van der Waals surface area contributed by atoms with Gasteiger partial charge in [0.15, 0.2) is 0 Å². The molecule has 2 aromatic carbocycles. The molecule has 2 heterocycles. The average Bonchev–Trinajstić information content (AvgIpc) is 3.21. The minimum Gasteiger partial charge on any atom is -0.489 e. The molecule has 0 fully saturated rings. The zero-order chi connectivity index (χ0) is 20.9. The van der Waals surface area contributed by atoms with Crippen molar-refractivity contribution in [2.24, 2.45) is 5.73 Å². The van der Waals surface area contributed by atoms with E-state index < -0.39 is 5.97 Å². The molecular formula is C24H22N2O4. The van der Waals surface area contributed by atoms with E-state index in [1.54, 1.807) is 24.5 Å². The van der Waals surface area contributed by atoms with Gasteiger partial charge in [0.1, 0.15) is 17.9 Å². The van der Waals surface area contributed by atoms with Crippen LogP contribution in [-0.2, 0) is 24.2 Å². The summed E-state index contributed by atoms with van der Waals surface area (Å²) in [6, 6.07) is 19.0. The number of nitrogens with zero attached hydrogens (tertiary/aromatic N) is 1. The number of aliphatic carboxylic acids is 1. The first kappa shape index (κ1) is 19.7. The SMILES string of the molecule is NCCc1cccc(-c2cc(COc3ccccc3CC(=O)O)cc3ccoc23)n1. The number of carbonyl (C=O) groups is 1. The fourth-order valence-corrected chi connectivity index (χ4v) is 3.45. The molecule has 4 rings (SSSR count). The summed E-state index contributed by atoms with van der Waals surface area (Å²) in [7, 11) is 0. The van der Waals surface area contributed by atoms with Crippen LogP contribution >= 0.6 is 0 Å². The summed E-state index contributed by atoms with van der Waals surface area (Å²) in [4.78, 5) is 15.8. The Morgan fingerprint density at radius 3 is 2.80 bits per heavy atom. The monoisotopic (exact) mass is 402 g/mol. The normalized spacial score (nSPS) is 11.0. The first-order valence-electron chi connectivity index (χ1n) is 9.73. The second kappa shape index (κ2) is 8.80. The van der Waals surface area contributed by atoms with Crippen molar-refractivity contribution in [3.05, 3.63) is 83.7 Å². The molecule has 152 valence electrons. The predicted octanol–water partition coefficient (Wildman–Crippen LogP) is 4.20. The third-order valence-corrected chi connectivity index (χ3v) is 4.80. The van der Waals surface area contributed by atoms with Crippen molar-refractivity contribution in [1.29, 1.82) is 0 Å². The van der Waals surface area contributed by atoms with Gasteiger partial charge < -0.3 is 20.0 Å². The van der Waals surface area contributed by atoms with Crippen LogP contribution in [0, 0.1) is 0 Å². The van der Waals surface area contributed by atoms with Gasteiger partial charge in [0, 0.05) is 28.6 Å². The van der Waals surface area contributed by atoms with Crippen LogP contribution in [0.25, 0.3) is 22.2 Å². The molecule has 0 aliphatic carbocycles. The van der Waals surface area contributed by atoms with Crippen molar-refractivity contribution in [3.63, 3.8) is 0 Å². The Hall–Kier alpha value is -3.64. The zero-order valence-corrected chi connectivity index (χ0v) is 16.4. The number of benzene rings is 2. The van der Waals surface area contributed by atoms with Gasteiger partial charge in [0.25, 0.3) is 0 Å². The topological polar surface area (TPSA) is 98.6 Å². The summed E-state index contributed by atoms with van der Waals surface area (Å²) in [5.74, 6) is -0.326. The van der Waals surface area contributed by atoms with E-state index in [9.17, 15) is 4.79 Å². The van der Waals surface area contributed by atoms with Crippen LogP contribution in [0.2, 0.25) is 0 Å². The maximum Gasteiger partial charge on any atom is 0.307 e. The van der Waals surface area contributed by atoms with E-state index in [2.05, 4.69) is 0 Å². The number of hydrogen-bond acceptors (Lipinski definition) is 5. The molecule has 0 radical (unpaired) electrons. The van der Waals surface area contributed by atoms with E-state index in [0.717, 1.165) is 33.5 Å². The lowest BCUT2D eigenvalue weighted by atomic mass is 10.0. The number of fused-ring (bicyclic) bond motifs is 1. The van der Waals surface area contributed by atoms with E-state index in [-0.39, 0.29) is 6.42 Å². The van der Waals surface area contributed by atoms with Gasteiger partial charge in [-0.05, 0) is 48.5 Å². The lowest BCUT2D eigenvalue weighted by molar-refractivity contribution is -0.136. The summed E-state index contributed by atoms with van der Waals surface area (Å²) in [5, 5.41) is 10.1. The van der Waals surface area contributed by atoms with E-state index in [4.69, 9.17) is 25.0 Å². The maximum atomic E-state index is 11.1. The van der Waals surface area contributed by atoms with Gasteiger partial charge in [-0.25, -0.2) is 0 Å². The van der Waals surface area contributed by atoms with Crippen molar-refractivity contribution in [2.45, 2.75) is 19.4 Å². The van der Waals surface area contributed by atoms with Crippen LogP contribution in [0.4, 0.5) is 0 Å². The number of nitrogens with two attached hydrogens (primary N) is 1. The third kappa shape index (κ3) is 4.34. The first-order chi connectivity index (χ1) is 14.6. The second-order valence-corrected chi connectivity index (χ2v) is 7.00. The molecule has 30 heavy (non-hydrogen) atoms. The highest BCUT2D eigenvalue weighted by molar-refractivity contribution is 5.92. The molecule has 0 saturated heterocycles. The van der Waals surface area contributed by atoms with Gasteiger partial charge in [0.05, 0.1) is 18.4 Å². The van der Waals surface area contributed by atoms with Crippen LogP contribution < -0.4 is 10.5 Å². The summed E-state index contributed by atoms with van der Waals surface area (Å²) in [5.41, 5.74) is 10.6. The quantitative estimate of drug-likeness (QED) is 0.458. The summed E-state index contributed by atoms with van der Waals surface area (Å²) < 4.78 is 11.7. The zero-order valence-electron chi connectivity index (χ0n) is 16.4. The molecule has 0 saturated carbocycles. The van der Waals surface area contributed by atoms with Gasteiger partial charge in [0.2, 0.25) is 0 Å². The number of hydrogen-bond donors (Lipinski definition) is 2. The minimum absolute atomic E-state index is 0.0833. The number of carboxylic acid groups (broad SMARTS) is 1. The fraction of sp³-hybridized carbons (Fsp3) is 0.167. The number of rotatable bonds is 8. The molecule has 0 atom stereocenters. The van der Waals surface area contributed by atoms with Crippen LogP contribution in [0.3, 0.4) is 0 Å². The van der Waals surface area contributed by atoms with Crippen molar-refractivity contribution >= 4 is 16.9 Å². The molecule has 0 aliphatic rings. The van der Waals surface area contributed by atoms with Crippen LogP contribution in [0.5, 0.6) is 5.75 Å². The van der Waals surface area contributed by atoms with Gasteiger partial charge >= 0.3 is 5.97 Å². The summed E-state index contributed by atoms with van der Waals surface area (Å²) in [6.45, 7) is 0.837. The Kier molecular flexibility index (Phi) is 5.77. The largest absolute Gasteiger partial charge is 0.489 e. The van der Waals surface area contributed by atoms with Crippen molar-refractivity contribution in [1.82, 2.24) is 4.98 Å². The van der Waals surface area contributed by atoms with Crippen molar-refractivity contribution in [2.75, 3.05) is 6.54 Å². The van der Waals surface area contributed by atoms with Gasteiger partial charge in [-0.3, -0.25) is 9.78 Å². The van der Waals surface area contributed by atoms with Crippen molar-refractivity contribution < 1.29 is 19.1 Å². The fourth-order valence-electron chi connectivity index (χ4n) is 3.45. The Bertz CT molecular complexity index is 1180. The smallest absolute Gasteiger partial charge is 0.307 e.